The Balaban J connectivity index is 4.96. The lowest BCUT2D eigenvalue weighted by Gasteiger charge is -2.34. The molecule has 0 unspecified atom stereocenters. The summed E-state index contributed by atoms with van der Waals surface area (Å²) in [5.74, 6) is 4.19. The van der Waals surface area contributed by atoms with Crippen LogP contribution in [0.15, 0.2) is 0 Å². The average molecular weight is 620 g/mol. The van der Waals surface area contributed by atoms with Gasteiger partial charge in [-0.05, 0) is 49.4 Å². The van der Waals surface area contributed by atoms with Gasteiger partial charge in [-0.2, -0.15) is 0 Å². The van der Waals surface area contributed by atoms with E-state index in [9.17, 15) is 5.41 Å². The van der Waals surface area contributed by atoms with E-state index in [0.717, 1.165) is 55.8 Å². The first kappa shape index (κ1) is 43.3. The molecule has 264 valence electrons. The molecule has 0 aliphatic heterocycles. The van der Waals surface area contributed by atoms with Gasteiger partial charge in [-0.25, -0.2) is 0 Å². The Morgan fingerprint density at radius 2 is 0.500 bits per heavy atom. The molecule has 1 N–H and O–H groups in total. The van der Waals surface area contributed by atoms with Crippen molar-refractivity contribution in [3.63, 3.8) is 0 Å². The topological polar surface area (TPSA) is 30.3 Å². The zero-order chi connectivity index (χ0) is 32.8. The van der Waals surface area contributed by atoms with E-state index < -0.39 is 0 Å². The molecule has 0 saturated carbocycles. The molecule has 0 saturated heterocycles. The van der Waals surface area contributed by atoms with Gasteiger partial charge in [0.05, 0.1) is 0 Å². The number of unbranched alkanes of at least 4 members (excludes halogenated alkanes) is 16. The summed E-state index contributed by atoms with van der Waals surface area (Å²) in [6.45, 7) is 23.1. The third kappa shape index (κ3) is 30.0. The first-order valence-corrected chi connectivity index (χ1v) is 20.2. The number of hydrogen-bond acceptors (Lipinski definition) is 1. The number of rotatable bonds is 32. The quantitative estimate of drug-likeness (QED) is 0.0461. The zero-order valence-corrected chi connectivity index (χ0v) is 32.0. The van der Waals surface area contributed by atoms with Crippen LogP contribution in [-0.4, -0.2) is 41.9 Å². The van der Waals surface area contributed by atoms with Crippen molar-refractivity contribution in [3.05, 3.63) is 0 Å². The predicted molar refractivity (Wildman–Crippen MR) is 201 cm³/mol. The average Bonchev–Trinajstić information content (AvgIpc) is 2.95. The molecule has 0 bridgehead atoms. The molecule has 0 amide bonds. The van der Waals surface area contributed by atoms with Gasteiger partial charge in [0.15, 0.2) is 5.96 Å². The second-order valence-corrected chi connectivity index (χ2v) is 16.1. The van der Waals surface area contributed by atoms with Gasteiger partial charge in [-0.15, -0.1) is 0 Å². The van der Waals surface area contributed by atoms with Crippen LogP contribution in [0.3, 0.4) is 0 Å². The first-order valence-electron chi connectivity index (χ1n) is 20.2. The molecule has 0 atom stereocenters. The van der Waals surface area contributed by atoms with Crippen LogP contribution < -0.4 is 0 Å². The van der Waals surface area contributed by atoms with Crippen LogP contribution in [0.5, 0.6) is 0 Å². The number of hydrogen-bond donors (Lipinski definition) is 1. The summed E-state index contributed by atoms with van der Waals surface area (Å²) in [4.78, 5) is 4.99. The maximum atomic E-state index is 9.43. The molecule has 0 heterocycles. The van der Waals surface area contributed by atoms with Gasteiger partial charge in [0.1, 0.15) is 0 Å². The fourth-order valence-electron chi connectivity index (χ4n) is 6.39. The van der Waals surface area contributed by atoms with Gasteiger partial charge in [0, 0.05) is 26.2 Å². The Bertz CT molecular complexity index is 503. The summed E-state index contributed by atoms with van der Waals surface area (Å²) in [6, 6.07) is 0. The maximum Gasteiger partial charge on any atom is 0.193 e. The lowest BCUT2D eigenvalue weighted by atomic mass is 10.0. The highest BCUT2D eigenvalue weighted by molar-refractivity contribution is 5.76. The van der Waals surface area contributed by atoms with E-state index >= 15 is 0 Å². The SMILES string of the molecule is CC(C)CCCCCCCN(CCCCCCCC(C)C)C(=N)N(CCCCCCCC(C)C)CCCCCCCC(C)C. The van der Waals surface area contributed by atoms with Crippen molar-refractivity contribution >= 4 is 5.96 Å². The van der Waals surface area contributed by atoms with Crippen LogP contribution in [0.25, 0.3) is 0 Å². The standard InChI is InChI=1S/C41H85N3/c1-37(2)29-21-13-9-17-25-33-43(34-26-18-10-14-22-30-38(3)4)41(42)44(35-27-19-11-15-23-31-39(5)6)36-28-20-12-16-24-32-40(7)8/h37-40,42H,9-36H2,1-8H3. The van der Waals surface area contributed by atoms with Crippen LogP contribution >= 0.6 is 0 Å². The Morgan fingerprint density at radius 1 is 0.318 bits per heavy atom. The monoisotopic (exact) mass is 620 g/mol. The summed E-state index contributed by atoms with van der Waals surface area (Å²) in [5, 5.41) is 9.43. The number of nitrogens with one attached hydrogen (secondary N) is 1. The number of nitrogens with zero attached hydrogens (tertiary/aromatic N) is 2. The van der Waals surface area contributed by atoms with Gasteiger partial charge < -0.3 is 9.80 Å². The molecule has 0 spiro atoms. The lowest BCUT2D eigenvalue weighted by molar-refractivity contribution is 0.290. The van der Waals surface area contributed by atoms with Crippen molar-refractivity contribution in [2.75, 3.05) is 26.2 Å². The highest BCUT2D eigenvalue weighted by Crippen LogP contribution is 2.16. The summed E-state index contributed by atoms with van der Waals surface area (Å²) in [5.41, 5.74) is 0. The van der Waals surface area contributed by atoms with Crippen LogP contribution in [0.4, 0.5) is 0 Å². The zero-order valence-electron chi connectivity index (χ0n) is 32.0. The number of guanidine groups is 1. The van der Waals surface area contributed by atoms with E-state index in [0.29, 0.717) is 0 Å². The van der Waals surface area contributed by atoms with Crippen molar-refractivity contribution in [2.24, 2.45) is 23.7 Å². The smallest absolute Gasteiger partial charge is 0.193 e. The minimum absolute atomic E-state index is 0.836. The largest absolute Gasteiger partial charge is 0.343 e. The molecule has 0 rings (SSSR count). The predicted octanol–water partition coefficient (Wildman–Crippen LogP) is 13.5. The summed E-state index contributed by atoms with van der Waals surface area (Å²) < 4.78 is 0. The second-order valence-electron chi connectivity index (χ2n) is 16.1. The maximum absolute atomic E-state index is 9.43. The summed E-state index contributed by atoms with van der Waals surface area (Å²) in [6.07, 6.45) is 32.3. The molecule has 0 fully saturated rings. The van der Waals surface area contributed by atoms with Crippen molar-refractivity contribution in [1.82, 2.24) is 9.80 Å². The van der Waals surface area contributed by atoms with Crippen LogP contribution in [0.1, 0.15) is 209 Å². The third-order valence-corrected chi connectivity index (χ3v) is 9.44. The van der Waals surface area contributed by atoms with Gasteiger partial charge in [-0.3, -0.25) is 5.41 Å². The van der Waals surface area contributed by atoms with Crippen LogP contribution in [0.2, 0.25) is 0 Å². The molecule has 0 aromatic carbocycles. The third-order valence-electron chi connectivity index (χ3n) is 9.44. The highest BCUT2D eigenvalue weighted by atomic mass is 15.4. The molecule has 3 heteroatoms. The summed E-state index contributed by atoms with van der Waals surface area (Å²) >= 11 is 0. The normalized spacial score (nSPS) is 11.9. The molecule has 0 aliphatic rings. The Morgan fingerprint density at radius 3 is 0.705 bits per heavy atom. The Hall–Kier alpha value is -0.730. The van der Waals surface area contributed by atoms with Gasteiger partial charge in [0.2, 0.25) is 0 Å². The van der Waals surface area contributed by atoms with E-state index in [-0.39, 0.29) is 0 Å². The molecule has 0 radical (unpaired) electrons. The fourth-order valence-corrected chi connectivity index (χ4v) is 6.39. The second kappa shape index (κ2) is 30.9. The van der Waals surface area contributed by atoms with Crippen LogP contribution in [-0.2, 0) is 0 Å². The minimum Gasteiger partial charge on any atom is -0.343 e. The Labute approximate surface area is 280 Å². The van der Waals surface area contributed by atoms with Crippen molar-refractivity contribution < 1.29 is 0 Å². The first-order chi connectivity index (χ1) is 21.1. The van der Waals surface area contributed by atoms with Crippen molar-refractivity contribution in [3.8, 4) is 0 Å². The molecule has 44 heavy (non-hydrogen) atoms. The van der Waals surface area contributed by atoms with Crippen molar-refractivity contribution in [1.29, 1.82) is 5.41 Å². The minimum atomic E-state index is 0.836. The Kier molecular flexibility index (Phi) is 30.4. The van der Waals surface area contributed by atoms with Gasteiger partial charge >= 0.3 is 0 Å². The molecule has 0 aliphatic carbocycles. The van der Waals surface area contributed by atoms with E-state index in [1.165, 1.54) is 154 Å². The van der Waals surface area contributed by atoms with E-state index in [1.807, 2.05) is 0 Å². The van der Waals surface area contributed by atoms with Crippen molar-refractivity contribution in [2.45, 2.75) is 209 Å². The summed E-state index contributed by atoms with van der Waals surface area (Å²) in [7, 11) is 0. The molecule has 0 aromatic rings. The van der Waals surface area contributed by atoms with Gasteiger partial charge in [0.25, 0.3) is 0 Å². The molecular weight excluding hydrogens is 534 g/mol. The van der Waals surface area contributed by atoms with E-state index in [2.05, 4.69) is 65.2 Å². The lowest BCUT2D eigenvalue weighted by Crippen LogP contribution is -2.45. The van der Waals surface area contributed by atoms with E-state index in [1.54, 1.807) is 0 Å². The fraction of sp³-hybridized carbons (Fsp3) is 0.976. The molecular formula is C41H85N3. The molecule has 0 aromatic heterocycles. The van der Waals surface area contributed by atoms with E-state index in [4.69, 9.17) is 0 Å². The van der Waals surface area contributed by atoms with Crippen LogP contribution in [0, 0.1) is 29.1 Å². The molecule has 3 nitrogen and oxygen atoms in total. The highest BCUT2D eigenvalue weighted by Gasteiger charge is 2.17. The van der Waals surface area contributed by atoms with Gasteiger partial charge in [-0.1, -0.05) is 184 Å².